The maximum atomic E-state index is 12.7. The molecule has 0 bridgehead atoms. The number of guanidine groups is 1. The lowest BCUT2D eigenvalue weighted by Crippen LogP contribution is -2.52. The highest BCUT2D eigenvalue weighted by Gasteiger charge is 2.37. The van der Waals surface area contributed by atoms with Gasteiger partial charge in [-0.3, -0.25) is 19.6 Å². The van der Waals surface area contributed by atoms with Gasteiger partial charge in [0.1, 0.15) is 0 Å². The van der Waals surface area contributed by atoms with Gasteiger partial charge in [-0.25, -0.2) is 4.98 Å². The monoisotopic (exact) mass is 346 g/mol. The van der Waals surface area contributed by atoms with Crippen molar-refractivity contribution in [3.8, 4) is 0 Å². The number of amides is 1. The predicted octanol–water partition coefficient (Wildman–Crippen LogP) is 3.74. The van der Waals surface area contributed by atoms with Gasteiger partial charge in [-0.1, -0.05) is 23.2 Å². The summed E-state index contributed by atoms with van der Waals surface area (Å²) in [5, 5.41) is 0.925. The summed E-state index contributed by atoms with van der Waals surface area (Å²) in [4.78, 5) is 25.2. The van der Waals surface area contributed by atoms with E-state index in [0.717, 1.165) is 12.1 Å². The smallest absolute Gasteiger partial charge is 0.264 e. The number of hydrogen-bond acceptors (Lipinski definition) is 4. The molecule has 1 aromatic heterocycles. The van der Waals surface area contributed by atoms with Crippen LogP contribution in [0.1, 0.15) is 16.8 Å². The fourth-order valence-electron chi connectivity index (χ4n) is 2.82. The Hall–Kier alpha value is -2.11. The molecule has 0 spiro atoms. The topological polar surface area (TPSA) is 48.8 Å². The molecule has 0 saturated heterocycles. The van der Waals surface area contributed by atoms with Crippen molar-refractivity contribution in [3.05, 3.63) is 52.1 Å². The molecular weight excluding hydrogens is 335 g/mol. The number of rotatable bonds is 1. The third kappa shape index (κ3) is 2.28. The summed E-state index contributed by atoms with van der Waals surface area (Å²) in [5.74, 6) is 1.08. The standard InChI is InChI=1S/C16H12Cl2N4O/c17-12-5-4-10(9-13(12)18)22-14-11(3-1-6-19-14)15(23)21-8-2-7-20-16(21)22/h1,3-6,9H,2,7-8H2. The van der Waals surface area contributed by atoms with Crippen LogP contribution in [0, 0.1) is 0 Å². The number of carbonyl (C=O) groups is 1. The van der Waals surface area contributed by atoms with Gasteiger partial charge in [-0.15, -0.1) is 0 Å². The highest BCUT2D eigenvalue weighted by molar-refractivity contribution is 6.42. The van der Waals surface area contributed by atoms with Gasteiger partial charge in [0.25, 0.3) is 5.91 Å². The lowest BCUT2D eigenvalue weighted by atomic mass is 10.1. The molecule has 2 aromatic rings. The number of fused-ring (bicyclic) bond motifs is 2. The minimum Gasteiger partial charge on any atom is -0.278 e. The van der Waals surface area contributed by atoms with E-state index in [2.05, 4.69) is 9.98 Å². The van der Waals surface area contributed by atoms with Crippen LogP contribution in [0.15, 0.2) is 41.5 Å². The molecule has 1 aromatic carbocycles. The Labute approximate surface area is 143 Å². The fourth-order valence-corrected chi connectivity index (χ4v) is 3.11. The van der Waals surface area contributed by atoms with Gasteiger partial charge in [0.05, 0.1) is 21.3 Å². The van der Waals surface area contributed by atoms with Crippen molar-refractivity contribution < 1.29 is 4.79 Å². The Bertz CT molecular complexity index is 837. The van der Waals surface area contributed by atoms with E-state index >= 15 is 0 Å². The number of carbonyl (C=O) groups excluding carboxylic acids is 1. The van der Waals surface area contributed by atoms with E-state index < -0.39 is 0 Å². The first-order valence-corrected chi connectivity index (χ1v) is 7.99. The Balaban J connectivity index is 1.94. The molecule has 116 valence electrons. The van der Waals surface area contributed by atoms with Crippen LogP contribution in [0.4, 0.5) is 11.5 Å². The molecule has 0 fully saturated rings. The molecular formula is C16H12Cl2N4O. The molecule has 0 radical (unpaired) electrons. The Morgan fingerprint density at radius 1 is 1.13 bits per heavy atom. The first-order valence-electron chi connectivity index (χ1n) is 7.23. The largest absolute Gasteiger partial charge is 0.278 e. The van der Waals surface area contributed by atoms with Crippen molar-refractivity contribution in [1.29, 1.82) is 0 Å². The zero-order chi connectivity index (χ0) is 16.0. The lowest BCUT2D eigenvalue weighted by molar-refractivity contribution is 0.0834. The van der Waals surface area contributed by atoms with Gasteiger partial charge in [-0.05, 0) is 36.8 Å². The Morgan fingerprint density at radius 2 is 2.00 bits per heavy atom. The van der Waals surface area contributed by atoms with E-state index in [4.69, 9.17) is 23.2 Å². The molecule has 3 heterocycles. The quantitative estimate of drug-likeness (QED) is 0.790. The average Bonchev–Trinajstić information content (AvgIpc) is 2.58. The van der Waals surface area contributed by atoms with Crippen LogP contribution in [0.2, 0.25) is 10.0 Å². The van der Waals surface area contributed by atoms with Gasteiger partial charge in [-0.2, -0.15) is 0 Å². The molecule has 5 nitrogen and oxygen atoms in total. The molecule has 7 heteroatoms. The zero-order valence-corrected chi connectivity index (χ0v) is 13.6. The second kappa shape index (κ2) is 5.51. The molecule has 0 saturated carbocycles. The summed E-state index contributed by atoms with van der Waals surface area (Å²) in [6, 6.07) is 8.87. The maximum Gasteiger partial charge on any atom is 0.264 e. The van der Waals surface area contributed by atoms with Crippen LogP contribution >= 0.6 is 23.2 Å². The van der Waals surface area contributed by atoms with Crippen LogP contribution in [0.5, 0.6) is 0 Å². The maximum absolute atomic E-state index is 12.7. The number of pyridine rings is 1. The molecule has 4 rings (SSSR count). The summed E-state index contributed by atoms with van der Waals surface area (Å²) in [5.41, 5.74) is 1.33. The van der Waals surface area contributed by atoms with Crippen molar-refractivity contribution in [1.82, 2.24) is 9.88 Å². The SMILES string of the molecule is O=C1c2cccnc2N(c2ccc(Cl)c(Cl)c2)C2=NCCCN12. The van der Waals surface area contributed by atoms with Gasteiger partial charge in [0.2, 0.25) is 5.96 Å². The van der Waals surface area contributed by atoms with Crippen molar-refractivity contribution >= 4 is 46.6 Å². The summed E-state index contributed by atoms with van der Waals surface area (Å²) in [6.45, 7) is 1.32. The summed E-state index contributed by atoms with van der Waals surface area (Å²) < 4.78 is 0. The van der Waals surface area contributed by atoms with Crippen LogP contribution < -0.4 is 4.90 Å². The Kier molecular flexibility index (Phi) is 3.47. The van der Waals surface area contributed by atoms with Crippen LogP contribution in [-0.4, -0.2) is 34.8 Å². The number of aromatic nitrogens is 1. The minimum absolute atomic E-state index is 0.0668. The molecule has 23 heavy (non-hydrogen) atoms. The molecule has 0 aliphatic carbocycles. The van der Waals surface area contributed by atoms with E-state index in [0.29, 0.717) is 40.5 Å². The molecule has 1 amide bonds. The molecule has 2 aliphatic heterocycles. The van der Waals surface area contributed by atoms with Gasteiger partial charge in [0.15, 0.2) is 5.82 Å². The number of halogens is 2. The molecule has 0 unspecified atom stereocenters. The molecule has 0 N–H and O–H groups in total. The van der Waals surface area contributed by atoms with Crippen molar-refractivity contribution in [2.45, 2.75) is 6.42 Å². The first kappa shape index (κ1) is 14.5. The lowest BCUT2D eigenvalue weighted by Gasteiger charge is -2.39. The number of nitrogens with zero attached hydrogens (tertiary/aromatic N) is 4. The number of benzene rings is 1. The van der Waals surface area contributed by atoms with Gasteiger partial charge >= 0.3 is 0 Å². The molecule has 2 aliphatic rings. The van der Waals surface area contributed by atoms with E-state index in [1.54, 1.807) is 35.4 Å². The number of aliphatic imine (C=N–C) groups is 1. The fraction of sp³-hybridized carbons (Fsp3) is 0.188. The summed E-state index contributed by atoms with van der Waals surface area (Å²) >= 11 is 12.2. The third-order valence-electron chi connectivity index (χ3n) is 3.87. The summed E-state index contributed by atoms with van der Waals surface area (Å²) in [7, 11) is 0. The van der Waals surface area contributed by atoms with Gasteiger partial charge in [0, 0.05) is 19.3 Å². The van der Waals surface area contributed by atoms with Crippen LogP contribution in [-0.2, 0) is 0 Å². The highest BCUT2D eigenvalue weighted by Crippen LogP contribution is 2.36. The average molecular weight is 347 g/mol. The Morgan fingerprint density at radius 3 is 2.83 bits per heavy atom. The highest BCUT2D eigenvalue weighted by atomic mass is 35.5. The minimum atomic E-state index is -0.0668. The zero-order valence-electron chi connectivity index (χ0n) is 12.0. The van der Waals surface area contributed by atoms with E-state index in [1.807, 2.05) is 11.0 Å². The summed E-state index contributed by atoms with van der Waals surface area (Å²) in [6.07, 6.45) is 2.51. The van der Waals surface area contributed by atoms with Crippen LogP contribution in [0.3, 0.4) is 0 Å². The van der Waals surface area contributed by atoms with Crippen LogP contribution in [0.25, 0.3) is 0 Å². The van der Waals surface area contributed by atoms with Crippen molar-refractivity contribution in [3.63, 3.8) is 0 Å². The van der Waals surface area contributed by atoms with E-state index in [1.165, 1.54) is 0 Å². The second-order valence-corrected chi connectivity index (χ2v) is 6.11. The van der Waals surface area contributed by atoms with E-state index in [9.17, 15) is 4.79 Å². The third-order valence-corrected chi connectivity index (χ3v) is 4.61. The number of anilines is 2. The molecule has 0 atom stereocenters. The van der Waals surface area contributed by atoms with Crippen molar-refractivity contribution in [2.24, 2.45) is 4.99 Å². The second-order valence-electron chi connectivity index (χ2n) is 5.30. The van der Waals surface area contributed by atoms with Crippen molar-refractivity contribution in [2.75, 3.05) is 18.0 Å². The normalized spacial score (nSPS) is 16.8. The number of hydrogen-bond donors (Lipinski definition) is 0. The predicted molar refractivity (Wildman–Crippen MR) is 90.8 cm³/mol. The first-order chi connectivity index (χ1) is 11.2. The van der Waals surface area contributed by atoms with E-state index in [-0.39, 0.29) is 5.91 Å². The van der Waals surface area contributed by atoms with Gasteiger partial charge < -0.3 is 0 Å².